The third-order valence-corrected chi connectivity index (χ3v) is 4.34. The first-order chi connectivity index (χ1) is 11.9. The summed E-state index contributed by atoms with van der Waals surface area (Å²) >= 11 is 6.28. The summed E-state index contributed by atoms with van der Waals surface area (Å²) in [6, 6.07) is 5.01. The van der Waals surface area contributed by atoms with Crippen molar-refractivity contribution in [1.29, 1.82) is 0 Å². The molecule has 9 heteroatoms. The van der Waals surface area contributed by atoms with E-state index in [1.54, 1.807) is 39.0 Å². The van der Waals surface area contributed by atoms with E-state index in [0.29, 0.717) is 16.4 Å². The summed E-state index contributed by atoms with van der Waals surface area (Å²) in [5.41, 5.74) is 0.649. The molecule has 2 rings (SSSR count). The van der Waals surface area contributed by atoms with Crippen LogP contribution >= 0.6 is 11.6 Å². The van der Waals surface area contributed by atoms with E-state index in [1.165, 1.54) is 0 Å². The van der Waals surface area contributed by atoms with Gasteiger partial charge in [-0.25, -0.2) is 0 Å². The zero-order chi connectivity index (χ0) is 19.7. The van der Waals surface area contributed by atoms with Crippen molar-refractivity contribution in [2.24, 2.45) is 5.41 Å². The van der Waals surface area contributed by atoms with Gasteiger partial charge in [-0.15, -0.1) is 0 Å². The molecule has 0 aromatic heterocycles. The van der Waals surface area contributed by atoms with E-state index in [1.807, 2.05) is 4.90 Å². The minimum Gasteiger partial charge on any atom is -0.367 e. The molecule has 0 aliphatic carbocycles. The summed E-state index contributed by atoms with van der Waals surface area (Å²) in [6.45, 7) is 5.80. The van der Waals surface area contributed by atoms with Crippen LogP contribution in [0.1, 0.15) is 20.8 Å². The standard InChI is InChI=1S/C17H21ClF3N3O2/c1-16(2,3)14(25)22-11-4-5-13(12(18)10-11)23-6-8-24(9-7-23)15(26)17(19,20)21/h4-5,10H,6-9H2,1-3H3,(H,22,25). The Balaban J connectivity index is 2.03. The molecule has 1 aliphatic rings. The summed E-state index contributed by atoms with van der Waals surface area (Å²) in [7, 11) is 0. The molecule has 1 N–H and O–H groups in total. The third kappa shape index (κ3) is 4.81. The third-order valence-electron chi connectivity index (χ3n) is 4.04. The molecule has 1 aliphatic heterocycles. The van der Waals surface area contributed by atoms with Crippen LogP contribution in [0, 0.1) is 5.41 Å². The number of piperazine rings is 1. The zero-order valence-corrected chi connectivity index (χ0v) is 15.5. The Morgan fingerprint density at radius 1 is 1.08 bits per heavy atom. The molecule has 0 bridgehead atoms. The van der Waals surface area contributed by atoms with Crippen molar-refractivity contribution in [1.82, 2.24) is 4.90 Å². The predicted octanol–water partition coefficient (Wildman–Crippen LogP) is 3.54. The highest BCUT2D eigenvalue weighted by Gasteiger charge is 2.43. The average Bonchev–Trinajstić information content (AvgIpc) is 2.53. The van der Waals surface area contributed by atoms with Crippen molar-refractivity contribution < 1.29 is 22.8 Å². The van der Waals surface area contributed by atoms with Gasteiger partial charge in [-0.3, -0.25) is 9.59 Å². The highest BCUT2D eigenvalue weighted by molar-refractivity contribution is 6.33. The van der Waals surface area contributed by atoms with Crippen LogP contribution in [0.3, 0.4) is 0 Å². The summed E-state index contributed by atoms with van der Waals surface area (Å²) < 4.78 is 37.5. The fraction of sp³-hybridized carbons (Fsp3) is 0.529. The zero-order valence-electron chi connectivity index (χ0n) is 14.8. The van der Waals surface area contributed by atoms with Crippen LogP contribution in [0.4, 0.5) is 24.5 Å². The van der Waals surface area contributed by atoms with Crippen molar-refractivity contribution in [3.8, 4) is 0 Å². The number of rotatable bonds is 2. The number of halogens is 4. The van der Waals surface area contributed by atoms with Crippen molar-refractivity contribution in [3.05, 3.63) is 23.2 Å². The number of nitrogens with one attached hydrogen (secondary N) is 1. The van der Waals surface area contributed by atoms with E-state index in [4.69, 9.17) is 11.6 Å². The summed E-state index contributed by atoms with van der Waals surface area (Å²) in [4.78, 5) is 25.9. The highest BCUT2D eigenvalue weighted by atomic mass is 35.5. The molecule has 26 heavy (non-hydrogen) atoms. The molecule has 144 valence electrons. The smallest absolute Gasteiger partial charge is 0.367 e. The number of carbonyl (C=O) groups is 2. The molecule has 1 aromatic rings. The first-order valence-corrected chi connectivity index (χ1v) is 8.49. The Bertz CT molecular complexity index is 693. The van der Waals surface area contributed by atoms with Gasteiger partial charge in [0.25, 0.3) is 0 Å². The van der Waals surface area contributed by atoms with Crippen LogP contribution in [0.25, 0.3) is 0 Å². The first kappa shape index (κ1) is 20.4. The van der Waals surface area contributed by atoms with Crippen LogP contribution < -0.4 is 10.2 Å². The molecular weight excluding hydrogens is 371 g/mol. The minimum atomic E-state index is -4.85. The average molecular weight is 392 g/mol. The van der Waals surface area contributed by atoms with Gasteiger partial charge in [-0.05, 0) is 18.2 Å². The normalized spacial score (nSPS) is 15.8. The molecular formula is C17H21ClF3N3O2. The number of hydrogen-bond donors (Lipinski definition) is 1. The second kappa shape index (κ2) is 7.34. The van der Waals surface area contributed by atoms with Crippen LogP contribution in [-0.2, 0) is 9.59 Å². The maximum atomic E-state index is 12.5. The number of amides is 2. The minimum absolute atomic E-state index is 0.0306. The highest BCUT2D eigenvalue weighted by Crippen LogP contribution is 2.31. The Morgan fingerprint density at radius 3 is 2.12 bits per heavy atom. The fourth-order valence-corrected chi connectivity index (χ4v) is 2.79. The van der Waals surface area contributed by atoms with Gasteiger partial charge in [0, 0.05) is 37.3 Å². The molecule has 0 unspecified atom stereocenters. The molecule has 5 nitrogen and oxygen atoms in total. The number of nitrogens with zero attached hydrogens (tertiary/aromatic N) is 2. The van der Waals surface area contributed by atoms with E-state index in [0.717, 1.165) is 4.90 Å². The van der Waals surface area contributed by atoms with Crippen molar-refractivity contribution in [3.63, 3.8) is 0 Å². The topological polar surface area (TPSA) is 52.7 Å². The summed E-state index contributed by atoms with van der Waals surface area (Å²) in [5.74, 6) is -1.97. The lowest BCUT2D eigenvalue weighted by Gasteiger charge is -2.36. The SMILES string of the molecule is CC(C)(C)C(=O)Nc1ccc(N2CCN(C(=O)C(F)(F)F)CC2)c(Cl)c1. The van der Waals surface area contributed by atoms with Gasteiger partial charge in [0.2, 0.25) is 5.91 Å². The lowest BCUT2D eigenvalue weighted by molar-refractivity contribution is -0.185. The quantitative estimate of drug-likeness (QED) is 0.839. The maximum Gasteiger partial charge on any atom is 0.471 e. The van der Waals surface area contributed by atoms with E-state index < -0.39 is 17.5 Å². The second-order valence-corrected chi connectivity index (χ2v) is 7.55. The van der Waals surface area contributed by atoms with E-state index >= 15 is 0 Å². The number of benzene rings is 1. The van der Waals surface area contributed by atoms with E-state index in [-0.39, 0.29) is 32.1 Å². The molecule has 0 radical (unpaired) electrons. The van der Waals surface area contributed by atoms with Crippen LogP contribution in [0.15, 0.2) is 18.2 Å². The van der Waals surface area contributed by atoms with E-state index in [9.17, 15) is 22.8 Å². The monoisotopic (exact) mass is 391 g/mol. The van der Waals surface area contributed by atoms with Crippen molar-refractivity contribution in [2.75, 3.05) is 36.4 Å². The van der Waals surface area contributed by atoms with Gasteiger partial charge >= 0.3 is 12.1 Å². The fourth-order valence-electron chi connectivity index (χ4n) is 2.49. The molecule has 1 aromatic carbocycles. The Kier molecular flexibility index (Phi) is 5.75. The maximum absolute atomic E-state index is 12.5. The first-order valence-electron chi connectivity index (χ1n) is 8.11. The van der Waals surface area contributed by atoms with Crippen molar-refractivity contribution >= 4 is 34.8 Å². The lowest BCUT2D eigenvalue weighted by Crippen LogP contribution is -2.52. The molecule has 0 atom stereocenters. The van der Waals surface area contributed by atoms with Gasteiger partial charge in [0.15, 0.2) is 0 Å². The second-order valence-electron chi connectivity index (χ2n) is 7.15. The summed E-state index contributed by atoms with van der Waals surface area (Å²) in [6.07, 6.45) is -4.85. The van der Waals surface area contributed by atoms with Crippen LogP contribution in [0.2, 0.25) is 5.02 Å². The molecule has 2 amide bonds. The Hall–Kier alpha value is -1.96. The van der Waals surface area contributed by atoms with Gasteiger partial charge < -0.3 is 15.1 Å². The Morgan fingerprint density at radius 2 is 1.65 bits per heavy atom. The Labute approximate surface area is 155 Å². The molecule has 1 heterocycles. The van der Waals surface area contributed by atoms with Crippen molar-refractivity contribution in [2.45, 2.75) is 26.9 Å². The van der Waals surface area contributed by atoms with Gasteiger partial charge in [-0.2, -0.15) is 13.2 Å². The number of anilines is 2. The van der Waals surface area contributed by atoms with Crippen LogP contribution in [0.5, 0.6) is 0 Å². The number of hydrogen-bond acceptors (Lipinski definition) is 3. The lowest BCUT2D eigenvalue weighted by atomic mass is 9.95. The predicted molar refractivity (Wildman–Crippen MR) is 94.4 cm³/mol. The van der Waals surface area contributed by atoms with Gasteiger partial charge in [0.05, 0.1) is 10.7 Å². The largest absolute Gasteiger partial charge is 0.471 e. The van der Waals surface area contributed by atoms with Crippen LogP contribution in [-0.4, -0.2) is 49.1 Å². The number of carbonyl (C=O) groups excluding carboxylic acids is 2. The molecule has 0 spiro atoms. The molecule has 1 fully saturated rings. The van der Waals surface area contributed by atoms with Gasteiger partial charge in [0.1, 0.15) is 0 Å². The van der Waals surface area contributed by atoms with Gasteiger partial charge in [-0.1, -0.05) is 32.4 Å². The molecule has 0 saturated carbocycles. The number of alkyl halides is 3. The van der Waals surface area contributed by atoms with E-state index in [2.05, 4.69) is 5.32 Å². The summed E-state index contributed by atoms with van der Waals surface area (Å²) in [5, 5.41) is 3.15. The molecule has 1 saturated heterocycles.